The Kier molecular flexibility index (Phi) is 5.04. The quantitative estimate of drug-likeness (QED) is 0.564. The highest BCUT2D eigenvalue weighted by Crippen LogP contribution is 2.40. The van der Waals surface area contributed by atoms with Crippen LogP contribution in [0.25, 0.3) is 5.57 Å². The number of hydrogen-bond donors (Lipinski definition) is 1. The van der Waals surface area contributed by atoms with Crippen LogP contribution in [0.15, 0.2) is 64.5 Å². The lowest BCUT2D eigenvalue weighted by atomic mass is 10.0. The summed E-state index contributed by atoms with van der Waals surface area (Å²) in [6.45, 7) is 2.07. The van der Waals surface area contributed by atoms with E-state index in [9.17, 15) is 18.0 Å². The van der Waals surface area contributed by atoms with Crippen LogP contribution in [0.3, 0.4) is 0 Å². The summed E-state index contributed by atoms with van der Waals surface area (Å²) in [5.41, 5.74) is 1.88. The first kappa shape index (κ1) is 19.8. The molecule has 8 heteroatoms. The zero-order valence-electron chi connectivity index (χ0n) is 15.0. The second kappa shape index (κ2) is 7.39. The number of nitrogens with one attached hydrogen (secondary N) is 1. The first-order valence-corrected chi connectivity index (χ1v) is 9.89. The number of alkyl halides is 3. The summed E-state index contributed by atoms with van der Waals surface area (Å²) >= 11 is 6.70. The van der Waals surface area contributed by atoms with Gasteiger partial charge in [0.2, 0.25) is 0 Å². The molecule has 1 fully saturated rings. The monoisotopic (exact) mass is 434 g/mol. The normalized spacial score (nSPS) is 21.5. The van der Waals surface area contributed by atoms with Gasteiger partial charge in [0.25, 0.3) is 5.91 Å². The molecule has 1 N–H and O–H groups in total. The van der Waals surface area contributed by atoms with Crippen LogP contribution >= 0.6 is 23.4 Å². The molecule has 148 valence electrons. The standard InChI is InChI=1S/C21H14ClF3N2OS/c1-11-8-12(15-5-3-2-4-14(11)15)9-18-19(28)27-20(29-18)26-17-7-6-13(22)10-16(17)21(23,24)25/h2-11H,1H3,(H,26,27,28)/b18-9-/t11-/m1/s1. The lowest BCUT2D eigenvalue weighted by Gasteiger charge is -2.10. The molecule has 3 nitrogen and oxygen atoms in total. The number of amides is 1. The Morgan fingerprint density at radius 3 is 2.72 bits per heavy atom. The van der Waals surface area contributed by atoms with E-state index in [1.54, 1.807) is 6.08 Å². The van der Waals surface area contributed by atoms with E-state index in [1.807, 2.05) is 24.3 Å². The molecule has 2 aromatic rings. The van der Waals surface area contributed by atoms with Gasteiger partial charge in [-0.3, -0.25) is 4.79 Å². The molecular weight excluding hydrogens is 421 g/mol. The molecule has 2 aliphatic rings. The SMILES string of the molecule is C[C@@H]1C=C(/C=C2\SC(=Nc3ccc(Cl)cc3C(F)(F)F)NC2=O)c2ccccc21. The first-order valence-electron chi connectivity index (χ1n) is 8.70. The summed E-state index contributed by atoms with van der Waals surface area (Å²) in [4.78, 5) is 16.7. The number of thioether (sulfide) groups is 1. The van der Waals surface area contributed by atoms with Crippen molar-refractivity contribution in [3.63, 3.8) is 0 Å². The van der Waals surface area contributed by atoms with Crippen molar-refractivity contribution in [3.05, 3.63) is 81.2 Å². The van der Waals surface area contributed by atoms with Crippen LogP contribution < -0.4 is 5.32 Å². The molecule has 0 radical (unpaired) electrons. The van der Waals surface area contributed by atoms with Crippen LogP contribution in [0.4, 0.5) is 18.9 Å². The lowest BCUT2D eigenvalue weighted by Crippen LogP contribution is -2.19. The minimum absolute atomic E-state index is 0.0362. The van der Waals surface area contributed by atoms with Gasteiger partial charge < -0.3 is 5.32 Å². The zero-order valence-corrected chi connectivity index (χ0v) is 16.6. The van der Waals surface area contributed by atoms with E-state index in [4.69, 9.17) is 11.6 Å². The number of hydrogen-bond acceptors (Lipinski definition) is 3. The maximum Gasteiger partial charge on any atom is 0.418 e. The van der Waals surface area contributed by atoms with Gasteiger partial charge in [-0.1, -0.05) is 48.9 Å². The third-order valence-corrected chi connectivity index (χ3v) is 5.76. The van der Waals surface area contributed by atoms with Gasteiger partial charge in [0.15, 0.2) is 5.17 Å². The molecular formula is C21H14ClF3N2OS. The van der Waals surface area contributed by atoms with Gasteiger partial charge in [-0.25, -0.2) is 4.99 Å². The maximum atomic E-state index is 13.3. The predicted octanol–water partition coefficient (Wildman–Crippen LogP) is 6.29. The van der Waals surface area contributed by atoms with E-state index in [0.717, 1.165) is 29.0 Å². The van der Waals surface area contributed by atoms with Crippen molar-refractivity contribution in [3.8, 4) is 0 Å². The molecule has 29 heavy (non-hydrogen) atoms. The highest BCUT2D eigenvalue weighted by Gasteiger charge is 2.34. The molecule has 1 aliphatic carbocycles. The summed E-state index contributed by atoms with van der Waals surface area (Å²) < 4.78 is 39.8. The van der Waals surface area contributed by atoms with Crippen LogP contribution in [0.5, 0.6) is 0 Å². The summed E-state index contributed by atoms with van der Waals surface area (Å²) in [5.74, 6) is -0.168. The molecule has 1 amide bonds. The molecule has 2 aromatic carbocycles. The fourth-order valence-electron chi connectivity index (χ4n) is 3.30. The van der Waals surface area contributed by atoms with Crippen molar-refractivity contribution in [2.24, 2.45) is 4.99 Å². The number of nitrogens with zero attached hydrogens (tertiary/aromatic N) is 1. The molecule has 0 aromatic heterocycles. The topological polar surface area (TPSA) is 41.5 Å². The van der Waals surface area contributed by atoms with E-state index in [0.29, 0.717) is 4.91 Å². The van der Waals surface area contributed by atoms with Crippen molar-refractivity contribution in [2.45, 2.75) is 19.0 Å². The predicted molar refractivity (Wildman–Crippen MR) is 110 cm³/mol. The Labute approximate surface area is 174 Å². The number of carbonyl (C=O) groups excluding carboxylic acids is 1. The van der Waals surface area contributed by atoms with Crippen LogP contribution in [0.1, 0.15) is 29.5 Å². The van der Waals surface area contributed by atoms with E-state index in [1.165, 1.54) is 17.7 Å². The van der Waals surface area contributed by atoms with Crippen LogP contribution in [0, 0.1) is 0 Å². The van der Waals surface area contributed by atoms with E-state index in [-0.39, 0.29) is 21.8 Å². The summed E-state index contributed by atoms with van der Waals surface area (Å²) in [7, 11) is 0. The van der Waals surface area contributed by atoms with Crippen LogP contribution in [-0.2, 0) is 11.0 Å². The Bertz CT molecular complexity index is 1110. The van der Waals surface area contributed by atoms with Gasteiger partial charge >= 0.3 is 6.18 Å². The first-order chi connectivity index (χ1) is 13.7. The van der Waals surface area contributed by atoms with Gasteiger partial charge in [-0.05, 0) is 52.7 Å². The van der Waals surface area contributed by atoms with E-state index >= 15 is 0 Å². The molecule has 1 aliphatic heterocycles. The fraction of sp³-hybridized carbons (Fsp3) is 0.143. The number of carbonyl (C=O) groups is 1. The third kappa shape index (κ3) is 3.97. The average Bonchev–Trinajstić information content (AvgIpc) is 3.16. The number of allylic oxidation sites excluding steroid dienone is 3. The van der Waals surface area contributed by atoms with Crippen LogP contribution in [-0.4, -0.2) is 11.1 Å². The van der Waals surface area contributed by atoms with Crippen molar-refractivity contribution in [2.75, 3.05) is 0 Å². The Morgan fingerprint density at radius 1 is 1.21 bits per heavy atom. The molecule has 0 bridgehead atoms. The Morgan fingerprint density at radius 2 is 1.97 bits per heavy atom. The fourth-order valence-corrected chi connectivity index (χ4v) is 4.29. The molecule has 1 saturated heterocycles. The minimum atomic E-state index is -4.61. The number of aliphatic imine (C=N–C) groups is 1. The van der Waals surface area contributed by atoms with Gasteiger partial charge in [0.05, 0.1) is 16.2 Å². The summed E-state index contributed by atoms with van der Waals surface area (Å²) in [6.07, 6.45) is -0.802. The molecule has 0 unspecified atom stereocenters. The smallest absolute Gasteiger partial charge is 0.300 e. The van der Waals surface area contributed by atoms with Gasteiger partial charge in [0, 0.05) is 10.9 Å². The number of halogens is 4. The van der Waals surface area contributed by atoms with Gasteiger partial charge in [-0.2, -0.15) is 13.2 Å². The molecule has 1 heterocycles. The number of fused-ring (bicyclic) bond motifs is 1. The van der Waals surface area contributed by atoms with Crippen molar-refractivity contribution in [1.82, 2.24) is 5.32 Å². The Hall–Kier alpha value is -2.51. The summed E-state index contributed by atoms with van der Waals surface area (Å²) in [6, 6.07) is 11.2. The lowest BCUT2D eigenvalue weighted by molar-refractivity contribution is -0.137. The number of amidine groups is 1. The van der Waals surface area contributed by atoms with Gasteiger partial charge in [-0.15, -0.1) is 0 Å². The number of benzene rings is 2. The van der Waals surface area contributed by atoms with Crippen molar-refractivity contribution >= 4 is 45.7 Å². The van der Waals surface area contributed by atoms with Gasteiger partial charge in [0.1, 0.15) is 0 Å². The minimum Gasteiger partial charge on any atom is -0.300 e. The second-order valence-electron chi connectivity index (χ2n) is 6.64. The Balaban J connectivity index is 1.65. The van der Waals surface area contributed by atoms with E-state index in [2.05, 4.69) is 23.3 Å². The highest BCUT2D eigenvalue weighted by atomic mass is 35.5. The average molecular weight is 435 g/mol. The third-order valence-electron chi connectivity index (χ3n) is 4.62. The number of rotatable bonds is 2. The molecule has 4 rings (SSSR count). The molecule has 1 atom stereocenters. The zero-order chi connectivity index (χ0) is 20.8. The molecule has 0 saturated carbocycles. The van der Waals surface area contributed by atoms with E-state index < -0.39 is 17.6 Å². The maximum absolute atomic E-state index is 13.3. The van der Waals surface area contributed by atoms with Crippen LogP contribution in [0.2, 0.25) is 5.02 Å². The summed E-state index contributed by atoms with van der Waals surface area (Å²) in [5, 5.41) is 2.59. The largest absolute Gasteiger partial charge is 0.418 e. The second-order valence-corrected chi connectivity index (χ2v) is 8.11. The van der Waals surface area contributed by atoms with Crippen molar-refractivity contribution in [1.29, 1.82) is 0 Å². The van der Waals surface area contributed by atoms with Crippen molar-refractivity contribution < 1.29 is 18.0 Å². The molecule has 0 spiro atoms. The highest BCUT2D eigenvalue weighted by molar-refractivity contribution is 8.18.